The zero-order chi connectivity index (χ0) is 15.5. The maximum atomic E-state index is 12.6. The summed E-state index contributed by atoms with van der Waals surface area (Å²) in [4.78, 5) is 14.8. The fourth-order valence-electron chi connectivity index (χ4n) is 3.34. The molecular weight excluding hydrogens is 294 g/mol. The van der Waals surface area contributed by atoms with Crippen LogP contribution >= 0.6 is 11.8 Å². The van der Waals surface area contributed by atoms with Gasteiger partial charge in [-0.3, -0.25) is 4.79 Å². The Morgan fingerprint density at radius 1 is 1.23 bits per heavy atom. The van der Waals surface area contributed by atoms with Gasteiger partial charge in [0.2, 0.25) is 5.91 Å². The maximum absolute atomic E-state index is 12.6. The van der Waals surface area contributed by atoms with E-state index in [0.29, 0.717) is 11.9 Å². The Morgan fingerprint density at radius 2 is 2.00 bits per heavy atom. The molecule has 120 valence electrons. The average molecular weight is 319 g/mol. The highest BCUT2D eigenvalue weighted by Crippen LogP contribution is 2.31. The Morgan fingerprint density at radius 3 is 2.77 bits per heavy atom. The summed E-state index contributed by atoms with van der Waals surface area (Å²) in [5.74, 6) is 1.29. The van der Waals surface area contributed by atoms with Crippen LogP contribution in [0.25, 0.3) is 0 Å². The number of thioether (sulfide) groups is 1. The maximum Gasteiger partial charge on any atom is 0.236 e. The van der Waals surface area contributed by atoms with Crippen LogP contribution in [0, 0.1) is 13.8 Å². The van der Waals surface area contributed by atoms with Gasteiger partial charge < -0.3 is 9.64 Å². The Bertz CT molecular complexity index is 540. The average Bonchev–Trinajstić information content (AvgIpc) is 2.90. The van der Waals surface area contributed by atoms with E-state index in [1.54, 1.807) is 0 Å². The molecule has 1 aromatic carbocycles. The Kier molecular flexibility index (Phi) is 5.09. The van der Waals surface area contributed by atoms with Crippen molar-refractivity contribution >= 4 is 17.7 Å². The molecule has 0 aromatic heterocycles. The lowest BCUT2D eigenvalue weighted by Gasteiger charge is -2.31. The van der Waals surface area contributed by atoms with Crippen LogP contribution < -0.4 is 0 Å². The topological polar surface area (TPSA) is 29.5 Å². The van der Waals surface area contributed by atoms with Crippen molar-refractivity contribution in [2.45, 2.75) is 50.2 Å². The molecule has 3 rings (SSSR count). The number of amides is 1. The third-order valence-corrected chi connectivity index (χ3v) is 6.08. The molecule has 2 heterocycles. The minimum absolute atomic E-state index is 0.141. The summed E-state index contributed by atoms with van der Waals surface area (Å²) in [5.41, 5.74) is 3.98. The van der Waals surface area contributed by atoms with Crippen LogP contribution in [0.2, 0.25) is 0 Å². The molecule has 1 aromatic rings. The number of hydrogen-bond donors (Lipinski definition) is 0. The Labute approximate surface area is 137 Å². The minimum Gasteiger partial charge on any atom is -0.381 e. The molecule has 0 bridgehead atoms. The van der Waals surface area contributed by atoms with Gasteiger partial charge in [-0.2, -0.15) is 0 Å². The van der Waals surface area contributed by atoms with E-state index in [9.17, 15) is 4.79 Å². The van der Waals surface area contributed by atoms with Gasteiger partial charge in [0, 0.05) is 31.6 Å². The highest BCUT2D eigenvalue weighted by atomic mass is 32.2. The summed E-state index contributed by atoms with van der Waals surface area (Å²) >= 11 is 1.81. The number of carbonyl (C=O) groups excluding carboxylic acids is 1. The molecule has 0 spiro atoms. The van der Waals surface area contributed by atoms with Crippen molar-refractivity contribution in [3.05, 3.63) is 34.9 Å². The van der Waals surface area contributed by atoms with E-state index in [1.807, 2.05) is 11.8 Å². The van der Waals surface area contributed by atoms with Gasteiger partial charge in [0.15, 0.2) is 0 Å². The summed E-state index contributed by atoms with van der Waals surface area (Å²) in [6.07, 6.45) is 2.99. The summed E-state index contributed by atoms with van der Waals surface area (Å²) in [7, 11) is 0. The van der Waals surface area contributed by atoms with E-state index in [-0.39, 0.29) is 5.25 Å². The van der Waals surface area contributed by atoms with Gasteiger partial charge in [0.05, 0.1) is 5.25 Å². The summed E-state index contributed by atoms with van der Waals surface area (Å²) < 4.78 is 5.41. The van der Waals surface area contributed by atoms with Crippen molar-refractivity contribution in [2.75, 3.05) is 19.8 Å². The molecular formula is C18H25NO2S. The molecule has 2 aliphatic rings. The monoisotopic (exact) mass is 319 g/mol. The van der Waals surface area contributed by atoms with Crippen molar-refractivity contribution in [3.63, 3.8) is 0 Å². The molecule has 1 atom stereocenters. The second-order valence-corrected chi connectivity index (χ2v) is 7.58. The third kappa shape index (κ3) is 3.49. The first kappa shape index (κ1) is 15.9. The number of ether oxygens (including phenoxy) is 1. The van der Waals surface area contributed by atoms with Crippen molar-refractivity contribution < 1.29 is 9.53 Å². The molecule has 2 saturated heterocycles. The van der Waals surface area contributed by atoms with Crippen molar-refractivity contribution in [2.24, 2.45) is 0 Å². The lowest BCUT2D eigenvalue weighted by atomic mass is 10.1. The zero-order valence-corrected chi connectivity index (χ0v) is 14.3. The normalized spacial score (nSPS) is 23.3. The number of hydrogen-bond acceptors (Lipinski definition) is 3. The second kappa shape index (κ2) is 7.05. The molecule has 0 aliphatic carbocycles. The first-order valence-electron chi connectivity index (χ1n) is 8.21. The smallest absolute Gasteiger partial charge is 0.236 e. The van der Waals surface area contributed by atoms with E-state index < -0.39 is 0 Å². The molecule has 4 heteroatoms. The Balaban J connectivity index is 1.57. The van der Waals surface area contributed by atoms with E-state index in [0.717, 1.165) is 44.8 Å². The van der Waals surface area contributed by atoms with Crippen molar-refractivity contribution in [3.8, 4) is 0 Å². The fraction of sp³-hybridized carbons (Fsp3) is 0.611. The predicted octanol–water partition coefficient (Wildman–Crippen LogP) is 3.32. The summed E-state index contributed by atoms with van der Waals surface area (Å²) in [5, 5.41) is 0.141. The Hall–Kier alpha value is -1.00. The highest BCUT2D eigenvalue weighted by molar-refractivity contribution is 7.99. The number of benzene rings is 1. The standard InChI is InChI=1S/C18H25NO2S/c1-13-3-4-14(2)15(11-13)12-22-17-5-8-19(18(17)20)16-6-9-21-10-7-16/h3-4,11,16-17H,5-10,12H2,1-2H3/t17-/m1/s1. The van der Waals surface area contributed by atoms with Crippen LogP contribution in [0.3, 0.4) is 0 Å². The largest absolute Gasteiger partial charge is 0.381 e. The molecule has 0 saturated carbocycles. The number of aryl methyl sites for hydroxylation is 2. The molecule has 0 radical (unpaired) electrons. The summed E-state index contributed by atoms with van der Waals surface area (Å²) in [6.45, 7) is 6.80. The molecule has 2 aliphatic heterocycles. The van der Waals surface area contributed by atoms with E-state index in [1.165, 1.54) is 16.7 Å². The van der Waals surface area contributed by atoms with Gasteiger partial charge in [0.25, 0.3) is 0 Å². The first-order valence-corrected chi connectivity index (χ1v) is 9.26. The molecule has 22 heavy (non-hydrogen) atoms. The molecule has 2 fully saturated rings. The van der Waals surface area contributed by atoms with Crippen LogP contribution in [-0.4, -0.2) is 41.9 Å². The fourth-order valence-corrected chi connectivity index (χ4v) is 4.58. The quantitative estimate of drug-likeness (QED) is 0.853. The summed E-state index contributed by atoms with van der Waals surface area (Å²) in [6, 6.07) is 6.98. The minimum atomic E-state index is 0.141. The van der Waals surface area contributed by atoms with Gasteiger partial charge in [-0.05, 0) is 44.2 Å². The number of nitrogens with zero attached hydrogens (tertiary/aromatic N) is 1. The van der Waals surface area contributed by atoms with Crippen molar-refractivity contribution in [1.29, 1.82) is 0 Å². The van der Waals surface area contributed by atoms with Gasteiger partial charge in [0.1, 0.15) is 0 Å². The van der Waals surface area contributed by atoms with Crippen molar-refractivity contribution in [1.82, 2.24) is 4.90 Å². The van der Waals surface area contributed by atoms with Crippen LogP contribution in [0.15, 0.2) is 18.2 Å². The van der Waals surface area contributed by atoms with Gasteiger partial charge in [-0.1, -0.05) is 23.8 Å². The number of likely N-dealkylation sites (tertiary alicyclic amines) is 1. The zero-order valence-electron chi connectivity index (χ0n) is 13.5. The van der Waals surface area contributed by atoms with Crippen LogP contribution in [-0.2, 0) is 15.3 Å². The van der Waals surface area contributed by atoms with Crippen LogP contribution in [0.5, 0.6) is 0 Å². The molecule has 3 nitrogen and oxygen atoms in total. The van der Waals surface area contributed by atoms with Gasteiger partial charge in [-0.15, -0.1) is 11.8 Å². The van der Waals surface area contributed by atoms with E-state index in [2.05, 4.69) is 36.9 Å². The van der Waals surface area contributed by atoms with Crippen LogP contribution in [0.4, 0.5) is 0 Å². The lowest BCUT2D eigenvalue weighted by Crippen LogP contribution is -2.41. The molecule has 0 N–H and O–H groups in total. The van der Waals surface area contributed by atoms with E-state index in [4.69, 9.17) is 4.74 Å². The lowest BCUT2D eigenvalue weighted by molar-refractivity contribution is -0.130. The number of carbonyl (C=O) groups is 1. The van der Waals surface area contributed by atoms with E-state index >= 15 is 0 Å². The first-order chi connectivity index (χ1) is 10.6. The SMILES string of the molecule is Cc1ccc(C)c(CS[C@@H]2CCN(C3CCOCC3)C2=O)c1. The second-order valence-electron chi connectivity index (χ2n) is 6.39. The number of rotatable bonds is 4. The third-order valence-electron chi connectivity index (χ3n) is 4.77. The van der Waals surface area contributed by atoms with Crippen LogP contribution in [0.1, 0.15) is 36.0 Å². The van der Waals surface area contributed by atoms with Gasteiger partial charge >= 0.3 is 0 Å². The molecule has 1 amide bonds. The molecule has 0 unspecified atom stereocenters. The predicted molar refractivity (Wildman–Crippen MR) is 91.2 cm³/mol. The van der Waals surface area contributed by atoms with Gasteiger partial charge in [-0.25, -0.2) is 0 Å². The highest BCUT2D eigenvalue weighted by Gasteiger charge is 2.36.